The van der Waals surface area contributed by atoms with Crippen LogP contribution >= 0.6 is 11.6 Å². The number of carbonyl (C=O) groups is 1. The monoisotopic (exact) mass is 397 g/mol. The quantitative estimate of drug-likeness (QED) is 0.571. The smallest absolute Gasteiger partial charge is 0.259 e. The van der Waals surface area contributed by atoms with Gasteiger partial charge in [-0.3, -0.25) is 4.79 Å². The molecule has 0 aliphatic rings. The molecule has 0 saturated heterocycles. The molecule has 0 radical (unpaired) electrons. The molecule has 4 rings (SSSR count). The Hall–Kier alpha value is -3.59. The molecule has 0 atom stereocenters. The predicted molar refractivity (Wildman–Crippen MR) is 100 cm³/mol. The molecule has 0 spiro atoms. The second-order valence-corrected chi connectivity index (χ2v) is 6.24. The number of anilines is 1. The van der Waals surface area contributed by atoms with Crippen LogP contribution in [0.25, 0.3) is 11.5 Å². The van der Waals surface area contributed by atoms with E-state index in [1.54, 1.807) is 25.1 Å². The first-order chi connectivity index (χ1) is 13.5. The van der Waals surface area contributed by atoms with E-state index >= 15 is 0 Å². The number of hydrogen-bond donors (Lipinski definition) is 1. The summed E-state index contributed by atoms with van der Waals surface area (Å²) in [5.41, 5.74) is 1.85. The molecular formula is C18H13ClFN7O. The molecule has 3 aromatic heterocycles. The highest BCUT2D eigenvalue weighted by molar-refractivity contribution is 6.32. The van der Waals surface area contributed by atoms with E-state index in [0.29, 0.717) is 28.5 Å². The zero-order valence-corrected chi connectivity index (χ0v) is 15.3. The van der Waals surface area contributed by atoms with Gasteiger partial charge >= 0.3 is 0 Å². The highest BCUT2D eigenvalue weighted by Crippen LogP contribution is 2.22. The lowest BCUT2D eigenvalue weighted by Crippen LogP contribution is -2.14. The molecule has 8 nitrogen and oxygen atoms in total. The number of hydrogen-bond acceptors (Lipinski definition) is 5. The van der Waals surface area contributed by atoms with Crippen LogP contribution in [0, 0.1) is 12.7 Å². The van der Waals surface area contributed by atoms with E-state index in [-0.39, 0.29) is 16.7 Å². The lowest BCUT2D eigenvalue weighted by molar-refractivity contribution is 0.102. The standard InChI is InChI=1S/C18H13ClFN7O/c1-11-15(10-24-26(11)14-4-2-3-12(20)7-14)18(28)25-13-8-16(19)17(21-9-13)27-22-5-6-23-27/h2-10H,1H3,(H,25,28). The normalized spacial score (nSPS) is 10.8. The molecule has 0 fully saturated rings. The van der Waals surface area contributed by atoms with Crippen LogP contribution in [0.15, 0.2) is 55.1 Å². The fourth-order valence-electron chi connectivity index (χ4n) is 2.67. The van der Waals surface area contributed by atoms with Crippen LogP contribution < -0.4 is 5.32 Å². The van der Waals surface area contributed by atoms with E-state index in [9.17, 15) is 9.18 Å². The Morgan fingerprint density at radius 3 is 2.64 bits per heavy atom. The van der Waals surface area contributed by atoms with Gasteiger partial charge in [0.25, 0.3) is 5.91 Å². The summed E-state index contributed by atoms with van der Waals surface area (Å²) < 4.78 is 15.0. The molecular weight excluding hydrogens is 385 g/mol. The highest BCUT2D eigenvalue weighted by atomic mass is 35.5. The van der Waals surface area contributed by atoms with Gasteiger partial charge in [-0.2, -0.15) is 15.3 Å². The van der Waals surface area contributed by atoms with E-state index in [2.05, 4.69) is 25.6 Å². The highest BCUT2D eigenvalue weighted by Gasteiger charge is 2.17. The average molecular weight is 398 g/mol. The molecule has 0 aliphatic heterocycles. The number of carbonyl (C=O) groups excluding carboxylic acids is 1. The van der Waals surface area contributed by atoms with Gasteiger partial charge in [-0.15, -0.1) is 4.80 Å². The van der Waals surface area contributed by atoms with E-state index < -0.39 is 0 Å². The first-order valence-corrected chi connectivity index (χ1v) is 8.55. The molecule has 140 valence electrons. The number of amides is 1. The molecule has 0 unspecified atom stereocenters. The summed E-state index contributed by atoms with van der Waals surface area (Å²) in [5.74, 6) is -0.423. The maximum Gasteiger partial charge on any atom is 0.259 e. The van der Waals surface area contributed by atoms with Crippen molar-refractivity contribution in [3.8, 4) is 11.5 Å². The van der Waals surface area contributed by atoms with Crippen molar-refractivity contribution < 1.29 is 9.18 Å². The number of halogens is 2. The number of nitrogens with one attached hydrogen (secondary N) is 1. The average Bonchev–Trinajstić information content (AvgIpc) is 3.31. The number of rotatable bonds is 4. The van der Waals surface area contributed by atoms with Crippen molar-refractivity contribution in [1.82, 2.24) is 29.8 Å². The summed E-state index contributed by atoms with van der Waals surface area (Å²) in [4.78, 5) is 18.1. The van der Waals surface area contributed by atoms with Crippen LogP contribution in [0.1, 0.15) is 16.1 Å². The van der Waals surface area contributed by atoms with Crippen molar-refractivity contribution in [2.24, 2.45) is 0 Å². The number of nitrogens with zero attached hydrogens (tertiary/aromatic N) is 6. The number of pyridine rings is 1. The Morgan fingerprint density at radius 2 is 1.93 bits per heavy atom. The SMILES string of the molecule is Cc1c(C(=O)Nc2cnc(-n3nccn3)c(Cl)c2)cnn1-c1cccc(F)c1. The summed E-state index contributed by atoms with van der Waals surface area (Å²) in [7, 11) is 0. The molecule has 0 aliphatic carbocycles. The maximum absolute atomic E-state index is 13.5. The van der Waals surface area contributed by atoms with Crippen molar-refractivity contribution in [2.75, 3.05) is 5.32 Å². The van der Waals surface area contributed by atoms with Gasteiger partial charge in [0, 0.05) is 0 Å². The van der Waals surface area contributed by atoms with Crippen LogP contribution in [-0.4, -0.2) is 35.7 Å². The third-order valence-electron chi connectivity index (χ3n) is 4.00. The van der Waals surface area contributed by atoms with Gasteiger partial charge in [0.1, 0.15) is 5.82 Å². The topological polar surface area (TPSA) is 90.5 Å². The molecule has 0 saturated carbocycles. The Morgan fingerprint density at radius 1 is 1.14 bits per heavy atom. The van der Waals surface area contributed by atoms with Gasteiger partial charge in [0.2, 0.25) is 0 Å². The van der Waals surface area contributed by atoms with Gasteiger partial charge < -0.3 is 5.32 Å². The molecule has 1 N–H and O–H groups in total. The predicted octanol–water partition coefficient (Wildman–Crippen LogP) is 3.20. The minimum atomic E-state index is -0.386. The zero-order valence-electron chi connectivity index (χ0n) is 14.5. The summed E-state index contributed by atoms with van der Waals surface area (Å²) in [6, 6.07) is 7.52. The third kappa shape index (κ3) is 3.35. The summed E-state index contributed by atoms with van der Waals surface area (Å²) in [5, 5.41) is 15.1. The van der Waals surface area contributed by atoms with Crippen molar-refractivity contribution >= 4 is 23.2 Å². The largest absolute Gasteiger partial charge is 0.320 e. The lowest BCUT2D eigenvalue weighted by atomic mass is 10.2. The Bertz CT molecular complexity index is 1160. The van der Waals surface area contributed by atoms with Crippen LogP contribution in [0.5, 0.6) is 0 Å². The van der Waals surface area contributed by atoms with E-state index in [0.717, 1.165) is 0 Å². The van der Waals surface area contributed by atoms with Crippen LogP contribution in [-0.2, 0) is 0 Å². The van der Waals surface area contributed by atoms with Gasteiger partial charge in [-0.05, 0) is 31.2 Å². The van der Waals surface area contributed by atoms with Crippen LogP contribution in [0.2, 0.25) is 5.02 Å². The lowest BCUT2D eigenvalue weighted by Gasteiger charge is -2.08. The molecule has 4 aromatic rings. The first kappa shape index (κ1) is 17.8. The number of aromatic nitrogens is 6. The Labute approximate surface area is 163 Å². The van der Waals surface area contributed by atoms with Gasteiger partial charge in [0.15, 0.2) is 5.82 Å². The Kier molecular flexibility index (Phi) is 4.58. The van der Waals surface area contributed by atoms with E-state index in [4.69, 9.17) is 11.6 Å². The van der Waals surface area contributed by atoms with Gasteiger partial charge in [0.05, 0.1) is 52.4 Å². The first-order valence-electron chi connectivity index (χ1n) is 8.17. The summed E-state index contributed by atoms with van der Waals surface area (Å²) >= 11 is 6.21. The molecule has 28 heavy (non-hydrogen) atoms. The maximum atomic E-state index is 13.5. The van der Waals surface area contributed by atoms with Gasteiger partial charge in [-0.1, -0.05) is 17.7 Å². The minimum Gasteiger partial charge on any atom is -0.320 e. The zero-order chi connectivity index (χ0) is 19.7. The second-order valence-electron chi connectivity index (χ2n) is 5.84. The van der Waals surface area contributed by atoms with Crippen molar-refractivity contribution in [3.63, 3.8) is 0 Å². The van der Waals surface area contributed by atoms with E-state index in [1.807, 2.05) is 0 Å². The summed E-state index contributed by atoms with van der Waals surface area (Å²) in [6.45, 7) is 1.73. The molecule has 3 heterocycles. The summed E-state index contributed by atoms with van der Waals surface area (Å²) in [6.07, 6.45) is 5.89. The fraction of sp³-hybridized carbons (Fsp3) is 0.0556. The van der Waals surface area contributed by atoms with Crippen molar-refractivity contribution in [3.05, 3.63) is 77.2 Å². The van der Waals surface area contributed by atoms with E-state index in [1.165, 1.54) is 46.4 Å². The third-order valence-corrected chi connectivity index (χ3v) is 4.27. The Balaban J connectivity index is 1.57. The van der Waals surface area contributed by atoms with Crippen LogP contribution in [0.4, 0.5) is 10.1 Å². The van der Waals surface area contributed by atoms with Crippen molar-refractivity contribution in [1.29, 1.82) is 0 Å². The molecule has 1 aromatic carbocycles. The van der Waals surface area contributed by atoms with Crippen LogP contribution in [0.3, 0.4) is 0 Å². The second kappa shape index (κ2) is 7.20. The molecule has 1 amide bonds. The molecule has 0 bridgehead atoms. The molecule has 10 heteroatoms. The minimum absolute atomic E-state index is 0.279. The number of benzene rings is 1. The fourth-order valence-corrected chi connectivity index (χ4v) is 2.91. The van der Waals surface area contributed by atoms with Crippen molar-refractivity contribution in [2.45, 2.75) is 6.92 Å². The van der Waals surface area contributed by atoms with Gasteiger partial charge in [-0.25, -0.2) is 14.1 Å².